The number of hydrogen-bond acceptors (Lipinski definition) is 4. The van der Waals surface area contributed by atoms with Crippen LogP contribution in [0.25, 0.3) is 11.0 Å². The fourth-order valence-corrected chi connectivity index (χ4v) is 2.71. The molecule has 0 saturated carbocycles. The van der Waals surface area contributed by atoms with E-state index in [1.54, 1.807) is 6.07 Å². The van der Waals surface area contributed by atoms with Crippen LogP contribution >= 0.6 is 0 Å². The van der Waals surface area contributed by atoms with Crippen molar-refractivity contribution in [2.75, 3.05) is 37.0 Å². The third-order valence-corrected chi connectivity index (χ3v) is 3.63. The number of carbonyl (C=O) groups excluding carboxylic acids is 1. The van der Waals surface area contributed by atoms with Gasteiger partial charge in [-0.15, -0.1) is 0 Å². The molecule has 7 heteroatoms. The van der Waals surface area contributed by atoms with Gasteiger partial charge in [-0.1, -0.05) is 0 Å². The second kappa shape index (κ2) is 5.61. The Labute approximate surface area is 121 Å². The molecule has 0 aliphatic carbocycles. The molecule has 112 valence electrons. The van der Waals surface area contributed by atoms with Gasteiger partial charge in [0.2, 0.25) is 5.91 Å². The molecule has 1 saturated heterocycles. The van der Waals surface area contributed by atoms with Crippen LogP contribution in [0.1, 0.15) is 12.8 Å². The Bertz CT molecular complexity index is 713. The summed E-state index contributed by atoms with van der Waals surface area (Å²) >= 11 is 0. The van der Waals surface area contributed by atoms with Gasteiger partial charge in [0.05, 0.1) is 22.4 Å². The van der Waals surface area contributed by atoms with Crippen LogP contribution < -0.4 is 15.9 Å². The van der Waals surface area contributed by atoms with Crippen LogP contribution in [0, 0.1) is 0 Å². The van der Waals surface area contributed by atoms with Crippen molar-refractivity contribution in [3.05, 3.63) is 22.6 Å². The van der Waals surface area contributed by atoms with Crippen LogP contribution in [0.5, 0.6) is 0 Å². The van der Waals surface area contributed by atoms with Gasteiger partial charge in [-0.05, 0) is 25.0 Å². The third-order valence-electron chi connectivity index (χ3n) is 3.63. The maximum atomic E-state index is 11.8. The number of ether oxygens (including phenoxy) is 1. The van der Waals surface area contributed by atoms with Gasteiger partial charge in [0.15, 0.2) is 0 Å². The number of anilines is 2. The lowest BCUT2D eigenvalue weighted by atomic mass is 10.2. The molecule has 3 N–H and O–H groups in total. The van der Waals surface area contributed by atoms with Crippen LogP contribution in [0.15, 0.2) is 16.9 Å². The van der Waals surface area contributed by atoms with Crippen LogP contribution in [0.4, 0.5) is 11.4 Å². The first kappa shape index (κ1) is 13.7. The van der Waals surface area contributed by atoms with Crippen LogP contribution in [-0.2, 0) is 9.53 Å². The van der Waals surface area contributed by atoms with Crippen molar-refractivity contribution in [3.8, 4) is 0 Å². The molecule has 2 heterocycles. The van der Waals surface area contributed by atoms with E-state index >= 15 is 0 Å². The molecule has 1 amide bonds. The average molecular weight is 290 g/mol. The lowest BCUT2D eigenvalue weighted by Gasteiger charge is -2.21. The zero-order valence-electron chi connectivity index (χ0n) is 11.9. The monoisotopic (exact) mass is 290 g/mol. The summed E-state index contributed by atoms with van der Waals surface area (Å²) in [6.45, 7) is 1.90. The smallest absolute Gasteiger partial charge is 0.323 e. The molecule has 0 atom stereocenters. The zero-order valence-corrected chi connectivity index (χ0v) is 11.9. The number of carbonyl (C=O) groups is 1. The first-order valence-corrected chi connectivity index (χ1v) is 6.97. The topological polar surface area (TPSA) is 90.2 Å². The van der Waals surface area contributed by atoms with E-state index < -0.39 is 0 Å². The van der Waals surface area contributed by atoms with Gasteiger partial charge in [0, 0.05) is 20.2 Å². The number of imidazole rings is 1. The Kier molecular flexibility index (Phi) is 3.66. The quantitative estimate of drug-likeness (QED) is 0.785. The Morgan fingerprint density at radius 2 is 1.95 bits per heavy atom. The summed E-state index contributed by atoms with van der Waals surface area (Å²) in [5, 5.41) is 2.85. The molecule has 2 aromatic rings. The fraction of sp³-hybridized carbons (Fsp3) is 0.429. The van der Waals surface area contributed by atoms with E-state index in [1.807, 2.05) is 6.07 Å². The SMILES string of the molecule is COCC(=O)Nc1cc2[nH]c(=O)[nH]c2cc1N1CCCC1. The van der Waals surface area contributed by atoms with Gasteiger partial charge in [0.1, 0.15) is 6.61 Å². The molecule has 0 radical (unpaired) electrons. The van der Waals surface area contributed by atoms with Gasteiger partial charge in [-0.3, -0.25) is 4.79 Å². The molecule has 0 unspecified atom stereocenters. The lowest BCUT2D eigenvalue weighted by molar-refractivity contribution is -0.119. The molecule has 1 aromatic heterocycles. The number of aromatic amines is 2. The highest BCUT2D eigenvalue weighted by atomic mass is 16.5. The zero-order chi connectivity index (χ0) is 14.8. The summed E-state index contributed by atoms with van der Waals surface area (Å²) in [5.74, 6) is -0.213. The summed E-state index contributed by atoms with van der Waals surface area (Å²) in [4.78, 5) is 30.9. The number of benzene rings is 1. The van der Waals surface area contributed by atoms with Crippen molar-refractivity contribution in [1.29, 1.82) is 0 Å². The summed E-state index contributed by atoms with van der Waals surface area (Å²) in [6.07, 6.45) is 2.26. The summed E-state index contributed by atoms with van der Waals surface area (Å²) in [7, 11) is 1.48. The van der Waals surface area contributed by atoms with Gasteiger partial charge >= 0.3 is 5.69 Å². The van der Waals surface area contributed by atoms with Crippen molar-refractivity contribution in [2.24, 2.45) is 0 Å². The number of H-pyrrole nitrogens is 2. The summed E-state index contributed by atoms with van der Waals surface area (Å²) in [5.41, 5.74) is 2.79. The van der Waals surface area contributed by atoms with Crippen LogP contribution in [0.3, 0.4) is 0 Å². The van der Waals surface area contributed by atoms with E-state index in [9.17, 15) is 9.59 Å². The molecule has 1 aromatic carbocycles. The summed E-state index contributed by atoms with van der Waals surface area (Å²) in [6, 6.07) is 3.69. The number of aromatic nitrogens is 2. The second-order valence-electron chi connectivity index (χ2n) is 5.17. The van der Waals surface area contributed by atoms with E-state index in [0.717, 1.165) is 37.1 Å². The summed E-state index contributed by atoms with van der Waals surface area (Å²) < 4.78 is 4.84. The van der Waals surface area contributed by atoms with E-state index in [4.69, 9.17) is 4.74 Å². The minimum absolute atomic E-state index is 0.00112. The van der Waals surface area contributed by atoms with Gasteiger partial charge in [-0.25, -0.2) is 4.79 Å². The molecule has 3 rings (SSSR count). The average Bonchev–Trinajstić information content (AvgIpc) is 3.05. The number of rotatable bonds is 4. The predicted octanol–water partition coefficient (Wildman–Crippen LogP) is 1.04. The van der Waals surface area contributed by atoms with E-state index in [2.05, 4.69) is 20.2 Å². The van der Waals surface area contributed by atoms with E-state index in [0.29, 0.717) is 11.2 Å². The van der Waals surface area contributed by atoms with Crippen molar-refractivity contribution in [2.45, 2.75) is 12.8 Å². The molecule has 7 nitrogen and oxygen atoms in total. The Balaban J connectivity index is 2.02. The van der Waals surface area contributed by atoms with Gasteiger partial charge < -0.3 is 24.9 Å². The molecule has 21 heavy (non-hydrogen) atoms. The number of hydrogen-bond donors (Lipinski definition) is 3. The first-order valence-electron chi connectivity index (χ1n) is 6.97. The number of methoxy groups -OCH3 is 1. The molecule has 1 fully saturated rings. The number of fused-ring (bicyclic) bond motifs is 1. The Hall–Kier alpha value is -2.28. The highest BCUT2D eigenvalue weighted by Crippen LogP contribution is 2.32. The first-order chi connectivity index (χ1) is 10.2. The third kappa shape index (κ3) is 2.78. The number of nitrogens with zero attached hydrogens (tertiary/aromatic N) is 1. The van der Waals surface area contributed by atoms with E-state index in [-0.39, 0.29) is 18.2 Å². The lowest BCUT2D eigenvalue weighted by Crippen LogP contribution is -2.22. The van der Waals surface area contributed by atoms with Crippen LogP contribution in [-0.4, -0.2) is 42.7 Å². The molecule has 0 bridgehead atoms. The van der Waals surface area contributed by atoms with Crippen molar-refractivity contribution < 1.29 is 9.53 Å². The Morgan fingerprint density at radius 1 is 1.29 bits per heavy atom. The molecule has 1 aliphatic heterocycles. The van der Waals surface area contributed by atoms with Crippen molar-refractivity contribution in [3.63, 3.8) is 0 Å². The van der Waals surface area contributed by atoms with Gasteiger partial charge in [-0.2, -0.15) is 0 Å². The van der Waals surface area contributed by atoms with E-state index in [1.165, 1.54) is 7.11 Å². The molecule has 1 aliphatic rings. The molecular formula is C14H18N4O3. The van der Waals surface area contributed by atoms with Crippen molar-refractivity contribution in [1.82, 2.24) is 9.97 Å². The maximum absolute atomic E-state index is 11.8. The standard InChI is InChI=1S/C14H18N4O3/c1-21-8-13(19)15-11-6-9-10(17-14(20)16-9)7-12(11)18-4-2-3-5-18/h6-7H,2-5,8H2,1H3,(H,15,19)(H2,16,17,20). The van der Waals surface area contributed by atoms with Crippen molar-refractivity contribution >= 4 is 28.3 Å². The minimum Gasteiger partial charge on any atom is -0.375 e. The fourth-order valence-electron chi connectivity index (χ4n) is 2.71. The molecule has 0 spiro atoms. The number of nitrogens with one attached hydrogen (secondary N) is 3. The van der Waals surface area contributed by atoms with Gasteiger partial charge in [0.25, 0.3) is 0 Å². The largest absolute Gasteiger partial charge is 0.375 e. The second-order valence-corrected chi connectivity index (χ2v) is 5.17. The number of amides is 1. The highest BCUT2D eigenvalue weighted by Gasteiger charge is 2.18. The predicted molar refractivity (Wildman–Crippen MR) is 80.9 cm³/mol. The Morgan fingerprint density at radius 3 is 2.62 bits per heavy atom. The molecular weight excluding hydrogens is 272 g/mol. The van der Waals surface area contributed by atoms with Crippen LogP contribution in [0.2, 0.25) is 0 Å². The maximum Gasteiger partial charge on any atom is 0.323 e. The highest BCUT2D eigenvalue weighted by molar-refractivity contribution is 5.98. The minimum atomic E-state index is -0.252. The normalized spacial score (nSPS) is 14.8.